The monoisotopic (exact) mass is 426 g/mol. The molecule has 5 nitrogen and oxygen atoms in total. The molecule has 1 aromatic heterocycles. The third-order valence-corrected chi connectivity index (χ3v) is 5.40. The summed E-state index contributed by atoms with van der Waals surface area (Å²) in [5, 5.41) is 8.50. The van der Waals surface area contributed by atoms with E-state index in [0.717, 1.165) is 5.71 Å². The Bertz CT molecular complexity index is 1030. The van der Waals surface area contributed by atoms with Crippen LogP contribution in [0, 0.1) is 0 Å². The summed E-state index contributed by atoms with van der Waals surface area (Å²) in [6.07, 6.45) is 0. The molecule has 9 heteroatoms. The summed E-state index contributed by atoms with van der Waals surface area (Å²) in [6.45, 7) is 3.73. The molecule has 2 N–H and O–H groups in total. The summed E-state index contributed by atoms with van der Waals surface area (Å²) >= 11 is 20.1. The van der Waals surface area contributed by atoms with Crippen LogP contribution in [-0.2, 0) is 0 Å². The van der Waals surface area contributed by atoms with E-state index in [1.54, 1.807) is 30.3 Å². The third-order valence-electron chi connectivity index (χ3n) is 3.30. The highest BCUT2D eigenvalue weighted by Gasteiger charge is 2.18. The lowest BCUT2D eigenvalue weighted by Crippen LogP contribution is -2.12. The molecule has 0 radical (unpaired) electrons. The van der Waals surface area contributed by atoms with E-state index in [4.69, 9.17) is 34.8 Å². The largest absolute Gasteiger partial charge is 0.320 e. The van der Waals surface area contributed by atoms with E-state index in [9.17, 15) is 4.79 Å². The Balaban J connectivity index is 1.97. The molecule has 3 rings (SSSR count). The lowest BCUT2D eigenvalue weighted by Gasteiger charge is -2.09. The highest BCUT2D eigenvalue weighted by atomic mass is 35.5. The maximum atomic E-state index is 12.5. The normalized spacial score (nSPS) is 10.7. The number of halogens is 3. The molecule has 2 aromatic carbocycles. The molecule has 134 valence electrons. The minimum Gasteiger partial charge on any atom is -0.320 e. The Morgan fingerprint density at radius 2 is 1.88 bits per heavy atom. The van der Waals surface area contributed by atoms with Gasteiger partial charge in [-0.1, -0.05) is 58.3 Å². The quantitative estimate of drug-likeness (QED) is 0.378. The Morgan fingerprint density at radius 1 is 1.15 bits per heavy atom. The summed E-state index contributed by atoms with van der Waals surface area (Å²) in [7, 11) is 0. The summed E-state index contributed by atoms with van der Waals surface area (Å²) in [5.41, 5.74) is 4.99. The molecule has 0 spiro atoms. The van der Waals surface area contributed by atoms with Gasteiger partial charge in [0.25, 0.3) is 5.91 Å². The van der Waals surface area contributed by atoms with Crippen LogP contribution in [0.5, 0.6) is 0 Å². The van der Waals surface area contributed by atoms with Crippen LogP contribution in [0.3, 0.4) is 0 Å². The fourth-order valence-corrected chi connectivity index (χ4v) is 3.85. The molecule has 1 amide bonds. The Labute approximate surface area is 169 Å². The van der Waals surface area contributed by atoms with Gasteiger partial charge in [0.2, 0.25) is 5.13 Å². The van der Waals surface area contributed by atoms with Gasteiger partial charge in [0.1, 0.15) is 5.52 Å². The molecule has 1 heterocycles. The number of carbonyl (C=O) groups is 1. The van der Waals surface area contributed by atoms with Crippen LogP contribution < -0.4 is 10.7 Å². The van der Waals surface area contributed by atoms with E-state index in [0.29, 0.717) is 41.7 Å². The zero-order valence-corrected chi connectivity index (χ0v) is 16.8. The van der Waals surface area contributed by atoms with Crippen molar-refractivity contribution in [1.29, 1.82) is 0 Å². The van der Waals surface area contributed by atoms with Crippen molar-refractivity contribution < 1.29 is 4.79 Å². The van der Waals surface area contributed by atoms with Crippen molar-refractivity contribution >= 4 is 78.8 Å². The van der Waals surface area contributed by atoms with E-state index < -0.39 is 0 Å². The molecule has 0 aliphatic heterocycles. The maximum absolute atomic E-state index is 12.5. The van der Waals surface area contributed by atoms with Gasteiger partial charge in [-0.2, -0.15) is 5.10 Å². The van der Waals surface area contributed by atoms with E-state index in [1.807, 2.05) is 13.8 Å². The number of rotatable bonds is 4. The number of aromatic nitrogens is 1. The average Bonchev–Trinajstić information content (AvgIpc) is 3.03. The van der Waals surface area contributed by atoms with Crippen LogP contribution in [0.25, 0.3) is 10.2 Å². The Morgan fingerprint density at radius 3 is 2.58 bits per heavy atom. The molecule has 0 unspecified atom stereocenters. The fraction of sp³-hybridized carbons (Fsp3) is 0.118. The lowest BCUT2D eigenvalue weighted by molar-refractivity contribution is 0.102. The number of benzene rings is 2. The van der Waals surface area contributed by atoms with Crippen LogP contribution >= 0.6 is 46.1 Å². The first-order chi connectivity index (χ1) is 12.4. The number of nitrogens with one attached hydrogen (secondary N) is 2. The second kappa shape index (κ2) is 7.80. The topological polar surface area (TPSA) is 66.4 Å². The average molecular weight is 428 g/mol. The fourth-order valence-electron chi connectivity index (χ4n) is 2.14. The van der Waals surface area contributed by atoms with E-state index in [2.05, 4.69) is 20.8 Å². The zero-order chi connectivity index (χ0) is 18.8. The number of hydrogen-bond acceptors (Lipinski definition) is 5. The Kier molecular flexibility index (Phi) is 5.67. The number of carbonyl (C=O) groups excluding carboxylic acids is 1. The lowest BCUT2D eigenvalue weighted by atomic mass is 10.2. The van der Waals surface area contributed by atoms with Gasteiger partial charge >= 0.3 is 0 Å². The van der Waals surface area contributed by atoms with Crippen molar-refractivity contribution in [2.45, 2.75) is 13.8 Å². The molecule has 0 atom stereocenters. The molecule has 0 fully saturated rings. The first-order valence-corrected chi connectivity index (χ1v) is 9.43. The minimum absolute atomic E-state index is 0.348. The van der Waals surface area contributed by atoms with Crippen LogP contribution in [0.15, 0.2) is 35.4 Å². The molecular formula is C17H13Cl3N4OS. The predicted molar refractivity (Wildman–Crippen MR) is 111 cm³/mol. The summed E-state index contributed by atoms with van der Waals surface area (Å²) < 4.78 is 0.653. The molecule has 0 saturated carbocycles. The van der Waals surface area contributed by atoms with Gasteiger partial charge in [-0.25, -0.2) is 4.98 Å². The smallest absolute Gasteiger partial charge is 0.257 e. The number of hydrogen-bond donors (Lipinski definition) is 2. The Hall–Kier alpha value is -1.86. The SMILES string of the molecule is CC(C)=NNc1nc2c(Cl)cc(NC(=O)c3ccccc3Cl)c(Cl)c2s1. The van der Waals surface area contributed by atoms with Gasteiger partial charge in [-0.3, -0.25) is 10.2 Å². The second-order valence-corrected chi connectivity index (χ2v) is 7.71. The first kappa shape index (κ1) is 18.9. The van der Waals surface area contributed by atoms with Crippen molar-refractivity contribution in [3.63, 3.8) is 0 Å². The van der Waals surface area contributed by atoms with Crippen LogP contribution in [0.4, 0.5) is 10.8 Å². The van der Waals surface area contributed by atoms with E-state index >= 15 is 0 Å². The second-order valence-electron chi connectivity index (χ2n) is 5.52. The number of anilines is 2. The first-order valence-electron chi connectivity index (χ1n) is 7.48. The number of thiazole rings is 1. The molecule has 0 aliphatic carbocycles. The zero-order valence-electron chi connectivity index (χ0n) is 13.7. The maximum Gasteiger partial charge on any atom is 0.257 e. The third kappa shape index (κ3) is 3.94. The van der Waals surface area contributed by atoms with E-state index in [-0.39, 0.29) is 5.91 Å². The predicted octanol–water partition coefficient (Wildman–Crippen LogP) is 6.32. The van der Waals surface area contributed by atoms with Gasteiger partial charge in [0.05, 0.1) is 31.0 Å². The number of amides is 1. The van der Waals surface area contributed by atoms with Gasteiger partial charge in [0, 0.05) is 5.71 Å². The van der Waals surface area contributed by atoms with Crippen molar-refractivity contribution in [1.82, 2.24) is 4.98 Å². The molecule has 3 aromatic rings. The molecule has 0 aliphatic rings. The number of fused-ring (bicyclic) bond motifs is 1. The molecule has 0 bridgehead atoms. The number of nitrogens with zero attached hydrogens (tertiary/aromatic N) is 2. The van der Waals surface area contributed by atoms with Crippen LogP contribution in [-0.4, -0.2) is 16.6 Å². The summed E-state index contributed by atoms with van der Waals surface area (Å²) in [4.78, 5) is 16.9. The highest BCUT2D eigenvalue weighted by molar-refractivity contribution is 7.23. The van der Waals surface area contributed by atoms with Gasteiger partial charge < -0.3 is 5.32 Å². The van der Waals surface area contributed by atoms with Gasteiger partial charge in [-0.05, 0) is 32.0 Å². The van der Waals surface area contributed by atoms with Gasteiger partial charge in [-0.15, -0.1) is 0 Å². The van der Waals surface area contributed by atoms with Crippen molar-refractivity contribution in [3.8, 4) is 0 Å². The summed E-state index contributed by atoms with van der Waals surface area (Å²) in [6, 6.07) is 8.33. The standard InChI is InChI=1S/C17H13Cl3N4OS/c1-8(2)23-24-17-22-14-11(19)7-12(13(20)15(14)26-17)21-16(25)9-5-3-4-6-10(9)18/h3-7H,1-2H3,(H,21,25)(H,22,24). The van der Waals surface area contributed by atoms with Crippen LogP contribution in [0.2, 0.25) is 15.1 Å². The van der Waals surface area contributed by atoms with E-state index in [1.165, 1.54) is 11.3 Å². The van der Waals surface area contributed by atoms with Crippen molar-refractivity contribution in [3.05, 3.63) is 51.0 Å². The van der Waals surface area contributed by atoms with Crippen LogP contribution in [0.1, 0.15) is 24.2 Å². The summed E-state index contributed by atoms with van der Waals surface area (Å²) in [5.74, 6) is -0.373. The number of hydrazone groups is 1. The van der Waals surface area contributed by atoms with Crippen molar-refractivity contribution in [2.24, 2.45) is 5.10 Å². The molecule has 26 heavy (non-hydrogen) atoms. The minimum atomic E-state index is -0.373. The van der Waals surface area contributed by atoms with Gasteiger partial charge in [0.15, 0.2) is 0 Å². The highest BCUT2D eigenvalue weighted by Crippen LogP contribution is 2.41. The van der Waals surface area contributed by atoms with Crippen molar-refractivity contribution in [2.75, 3.05) is 10.7 Å². The molecule has 0 saturated heterocycles. The molecular weight excluding hydrogens is 415 g/mol.